The van der Waals surface area contributed by atoms with Crippen molar-refractivity contribution in [3.8, 4) is 0 Å². The average Bonchev–Trinajstić information content (AvgIpc) is 2.28. The van der Waals surface area contributed by atoms with Crippen LogP contribution in [0.3, 0.4) is 0 Å². The van der Waals surface area contributed by atoms with E-state index in [2.05, 4.69) is 39.9 Å². The van der Waals surface area contributed by atoms with Crippen molar-refractivity contribution in [1.82, 2.24) is 4.90 Å². The zero-order valence-electron chi connectivity index (χ0n) is 10.8. The summed E-state index contributed by atoms with van der Waals surface area (Å²) in [5.41, 5.74) is 4.07. The van der Waals surface area contributed by atoms with Gasteiger partial charge < -0.3 is 4.74 Å². The van der Waals surface area contributed by atoms with Gasteiger partial charge in [0.15, 0.2) is 0 Å². The highest BCUT2D eigenvalue weighted by Crippen LogP contribution is 2.26. The van der Waals surface area contributed by atoms with Crippen LogP contribution >= 0.6 is 15.9 Å². The number of hydrogen-bond acceptors (Lipinski definition) is 3. The number of nitrogens with zero attached hydrogens (tertiary/aromatic N) is 1. The van der Waals surface area contributed by atoms with E-state index in [1.807, 2.05) is 6.92 Å². The topological polar surface area (TPSA) is 29.5 Å². The standard InChI is InChI=1S/C14H18BrNO2/c1-3-18-14(17)9-16-5-4-13-10(2)6-12(15)7-11(13)8-16/h6-7H,3-5,8-9H2,1-2H3. The number of halogens is 1. The first-order valence-corrected chi connectivity index (χ1v) is 7.05. The monoisotopic (exact) mass is 311 g/mol. The Bertz CT molecular complexity index is 459. The van der Waals surface area contributed by atoms with Crippen LogP contribution in [0.1, 0.15) is 23.6 Å². The normalized spacial score (nSPS) is 15.3. The summed E-state index contributed by atoms with van der Waals surface area (Å²) in [4.78, 5) is 13.6. The molecular weight excluding hydrogens is 294 g/mol. The van der Waals surface area contributed by atoms with E-state index >= 15 is 0 Å². The van der Waals surface area contributed by atoms with Gasteiger partial charge in [-0.05, 0) is 49.1 Å². The fraction of sp³-hybridized carbons (Fsp3) is 0.500. The van der Waals surface area contributed by atoms with Gasteiger partial charge >= 0.3 is 5.97 Å². The molecule has 2 rings (SSSR count). The summed E-state index contributed by atoms with van der Waals surface area (Å²) < 4.78 is 6.10. The Morgan fingerprint density at radius 1 is 1.50 bits per heavy atom. The number of ether oxygens (including phenoxy) is 1. The van der Waals surface area contributed by atoms with Crippen LogP contribution in [0.2, 0.25) is 0 Å². The number of fused-ring (bicyclic) bond motifs is 1. The van der Waals surface area contributed by atoms with Crippen LogP contribution in [-0.2, 0) is 22.5 Å². The van der Waals surface area contributed by atoms with Gasteiger partial charge in [0, 0.05) is 17.6 Å². The number of benzene rings is 1. The Morgan fingerprint density at radius 2 is 2.28 bits per heavy atom. The van der Waals surface area contributed by atoms with Crippen LogP contribution in [0.5, 0.6) is 0 Å². The van der Waals surface area contributed by atoms with E-state index in [1.165, 1.54) is 16.7 Å². The van der Waals surface area contributed by atoms with Crippen molar-refractivity contribution in [2.24, 2.45) is 0 Å². The minimum Gasteiger partial charge on any atom is -0.465 e. The molecule has 0 aliphatic carbocycles. The van der Waals surface area contributed by atoms with E-state index in [9.17, 15) is 4.79 Å². The zero-order chi connectivity index (χ0) is 13.1. The van der Waals surface area contributed by atoms with E-state index in [-0.39, 0.29) is 5.97 Å². The van der Waals surface area contributed by atoms with Crippen LogP contribution in [0.15, 0.2) is 16.6 Å². The smallest absolute Gasteiger partial charge is 0.320 e. The highest BCUT2D eigenvalue weighted by molar-refractivity contribution is 9.10. The SMILES string of the molecule is CCOC(=O)CN1CCc2c(C)cc(Br)cc2C1. The Labute approximate surface area is 116 Å². The number of aryl methyl sites for hydroxylation is 1. The van der Waals surface area contributed by atoms with Crippen molar-refractivity contribution >= 4 is 21.9 Å². The molecule has 1 aliphatic heterocycles. The largest absolute Gasteiger partial charge is 0.465 e. The maximum Gasteiger partial charge on any atom is 0.320 e. The summed E-state index contributed by atoms with van der Waals surface area (Å²) in [7, 11) is 0. The molecule has 0 saturated heterocycles. The third-order valence-corrected chi connectivity index (χ3v) is 3.72. The Morgan fingerprint density at radius 3 is 3.00 bits per heavy atom. The van der Waals surface area contributed by atoms with Crippen molar-refractivity contribution in [2.45, 2.75) is 26.8 Å². The molecule has 1 aromatic rings. The molecule has 18 heavy (non-hydrogen) atoms. The quantitative estimate of drug-likeness (QED) is 0.804. The van der Waals surface area contributed by atoms with Crippen molar-refractivity contribution in [3.05, 3.63) is 33.3 Å². The Hall–Kier alpha value is -0.870. The van der Waals surface area contributed by atoms with Crippen LogP contribution in [-0.4, -0.2) is 30.6 Å². The van der Waals surface area contributed by atoms with E-state index in [4.69, 9.17) is 4.74 Å². The number of carbonyl (C=O) groups excluding carboxylic acids is 1. The second-order valence-corrected chi connectivity index (χ2v) is 5.54. The van der Waals surface area contributed by atoms with Crippen molar-refractivity contribution in [3.63, 3.8) is 0 Å². The number of rotatable bonds is 3. The highest BCUT2D eigenvalue weighted by Gasteiger charge is 2.20. The third-order valence-electron chi connectivity index (χ3n) is 3.26. The van der Waals surface area contributed by atoms with Gasteiger partial charge in [0.2, 0.25) is 0 Å². The summed E-state index contributed by atoms with van der Waals surface area (Å²) in [5.74, 6) is -0.132. The summed E-state index contributed by atoms with van der Waals surface area (Å²) in [6.07, 6.45) is 1.01. The van der Waals surface area contributed by atoms with Crippen LogP contribution in [0.4, 0.5) is 0 Å². The fourth-order valence-corrected chi connectivity index (χ4v) is 3.07. The van der Waals surface area contributed by atoms with Gasteiger partial charge in [0.1, 0.15) is 0 Å². The van der Waals surface area contributed by atoms with Gasteiger partial charge in [0.25, 0.3) is 0 Å². The molecule has 1 aliphatic rings. The fourth-order valence-electron chi connectivity index (χ4n) is 2.46. The molecule has 0 fully saturated rings. The molecule has 0 bridgehead atoms. The van der Waals surface area contributed by atoms with Crippen LogP contribution in [0, 0.1) is 6.92 Å². The summed E-state index contributed by atoms with van der Waals surface area (Å²) in [6.45, 7) is 6.57. The second-order valence-electron chi connectivity index (χ2n) is 4.63. The molecule has 0 aromatic heterocycles. The van der Waals surface area contributed by atoms with Gasteiger partial charge in [-0.2, -0.15) is 0 Å². The molecule has 0 atom stereocenters. The van der Waals surface area contributed by atoms with E-state index in [1.54, 1.807) is 0 Å². The maximum absolute atomic E-state index is 11.5. The van der Waals surface area contributed by atoms with Gasteiger partial charge in [-0.25, -0.2) is 0 Å². The molecule has 0 saturated carbocycles. The first kappa shape index (κ1) is 13.6. The van der Waals surface area contributed by atoms with Gasteiger partial charge in [-0.15, -0.1) is 0 Å². The molecule has 0 amide bonds. The predicted octanol–water partition coefficient (Wildman–Crippen LogP) is 2.68. The molecule has 1 heterocycles. The Kier molecular flexibility index (Phi) is 4.40. The second kappa shape index (κ2) is 5.85. The minimum absolute atomic E-state index is 0.132. The third kappa shape index (κ3) is 3.12. The van der Waals surface area contributed by atoms with Crippen LogP contribution < -0.4 is 0 Å². The van der Waals surface area contributed by atoms with E-state index in [0.717, 1.165) is 24.0 Å². The van der Waals surface area contributed by atoms with Crippen molar-refractivity contribution in [2.75, 3.05) is 19.7 Å². The van der Waals surface area contributed by atoms with Gasteiger partial charge in [-0.3, -0.25) is 9.69 Å². The van der Waals surface area contributed by atoms with Crippen molar-refractivity contribution < 1.29 is 9.53 Å². The average molecular weight is 312 g/mol. The molecule has 98 valence electrons. The van der Waals surface area contributed by atoms with E-state index < -0.39 is 0 Å². The van der Waals surface area contributed by atoms with E-state index in [0.29, 0.717) is 13.2 Å². The summed E-state index contributed by atoms with van der Waals surface area (Å²) in [5, 5.41) is 0. The lowest BCUT2D eigenvalue weighted by molar-refractivity contribution is -0.144. The lowest BCUT2D eigenvalue weighted by atomic mass is 9.95. The lowest BCUT2D eigenvalue weighted by Crippen LogP contribution is -2.35. The molecule has 0 radical (unpaired) electrons. The van der Waals surface area contributed by atoms with Gasteiger partial charge in [-0.1, -0.05) is 15.9 Å². The van der Waals surface area contributed by atoms with Gasteiger partial charge in [0.05, 0.1) is 13.2 Å². The number of carbonyl (C=O) groups is 1. The molecule has 0 N–H and O–H groups in total. The molecule has 4 heteroatoms. The molecule has 3 nitrogen and oxygen atoms in total. The maximum atomic E-state index is 11.5. The molecule has 1 aromatic carbocycles. The van der Waals surface area contributed by atoms with Crippen molar-refractivity contribution in [1.29, 1.82) is 0 Å². The van der Waals surface area contributed by atoms with Crippen LogP contribution in [0.25, 0.3) is 0 Å². The molecule has 0 unspecified atom stereocenters. The first-order valence-electron chi connectivity index (χ1n) is 6.26. The predicted molar refractivity (Wildman–Crippen MR) is 74.5 cm³/mol. The Balaban J connectivity index is 2.08. The molecule has 0 spiro atoms. The number of esters is 1. The zero-order valence-corrected chi connectivity index (χ0v) is 12.4. The minimum atomic E-state index is -0.132. The highest BCUT2D eigenvalue weighted by atomic mass is 79.9. The summed E-state index contributed by atoms with van der Waals surface area (Å²) >= 11 is 3.53. The lowest BCUT2D eigenvalue weighted by Gasteiger charge is -2.29. The first-order chi connectivity index (χ1) is 8.60. The molecular formula is C14H18BrNO2. The summed E-state index contributed by atoms with van der Waals surface area (Å²) in [6, 6.07) is 4.31. The number of hydrogen-bond donors (Lipinski definition) is 0.